The van der Waals surface area contributed by atoms with Gasteiger partial charge in [0, 0.05) is 20.4 Å². The molecule has 0 bridgehead atoms. The van der Waals surface area contributed by atoms with Crippen molar-refractivity contribution in [2.45, 2.75) is 0 Å². The molecular weight excluding hydrogens is 1020 g/mol. The van der Waals surface area contributed by atoms with Gasteiger partial charge in [0.2, 0.25) is 0 Å². The van der Waals surface area contributed by atoms with Gasteiger partial charge in [-0.1, -0.05) is 454 Å². The van der Waals surface area contributed by atoms with Gasteiger partial charge in [-0.25, -0.2) is 0 Å². The second-order valence-corrected chi connectivity index (χ2v) is 17.9. The second-order valence-electron chi connectivity index (χ2n) is 17.9. The van der Waals surface area contributed by atoms with Gasteiger partial charge in [0.15, 0.2) is 0 Å². The summed E-state index contributed by atoms with van der Waals surface area (Å²) in [6.45, 7) is 0. The standard InChI is InChI=1S/4C19H15.Pd/c4*1-4-10-16(11-5-1)19(17-12-6-2-7-13-17)18-14-8-3-9-15-18;/h4*1-15H;/q4*-1;. The molecule has 0 aliphatic heterocycles. The average molecular weight is 1080 g/mol. The molecule has 12 aromatic rings. The van der Waals surface area contributed by atoms with Gasteiger partial charge in [-0.15, -0.1) is 0 Å². The zero-order chi connectivity index (χ0) is 51.7. The Morgan fingerprint density at radius 3 is 0.234 bits per heavy atom. The summed E-state index contributed by atoms with van der Waals surface area (Å²) in [4.78, 5) is 0. The molecule has 0 radical (unpaired) electrons. The fourth-order valence-electron chi connectivity index (χ4n) is 9.26. The van der Waals surface area contributed by atoms with Crippen LogP contribution in [-0.4, -0.2) is 0 Å². The van der Waals surface area contributed by atoms with Crippen molar-refractivity contribution < 1.29 is 20.4 Å². The van der Waals surface area contributed by atoms with E-state index in [4.69, 9.17) is 0 Å². The maximum Gasteiger partial charge on any atom is 0 e. The van der Waals surface area contributed by atoms with Crippen LogP contribution in [0, 0.1) is 23.7 Å². The van der Waals surface area contributed by atoms with Gasteiger partial charge in [0.25, 0.3) is 0 Å². The molecule has 0 spiro atoms. The summed E-state index contributed by atoms with van der Waals surface area (Å²) in [5.74, 6) is 5.12. The Balaban J connectivity index is 0.000000135. The van der Waals surface area contributed by atoms with E-state index in [1.807, 2.05) is 0 Å². The van der Waals surface area contributed by atoms with E-state index >= 15 is 0 Å². The van der Waals surface area contributed by atoms with Crippen LogP contribution in [0.2, 0.25) is 0 Å². The molecule has 1 heteroatoms. The third-order valence-corrected chi connectivity index (χ3v) is 12.7. The van der Waals surface area contributed by atoms with Gasteiger partial charge in [0.1, 0.15) is 0 Å². The van der Waals surface area contributed by atoms with E-state index in [0.29, 0.717) is 0 Å². The zero-order valence-electron chi connectivity index (χ0n) is 43.0. The first-order chi connectivity index (χ1) is 37.8. The zero-order valence-corrected chi connectivity index (χ0v) is 44.5. The first kappa shape index (κ1) is 54.1. The summed E-state index contributed by atoms with van der Waals surface area (Å²) < 4.78 is 0. The van der Waals surface area contributed by atoms with Crippen molar-refractivity contribution in [3.63, 3.8) is 0 Å². The third-order valence-electron chi connectivity index (χ3n) is 12.7. The van der Waals surface area contributed by atoms with Crippen LogP contribution in [-0.2, 0) is 20.4 Å². The molecular formula is C76H60Pd-4. The van der Waals surface area contributed by atoms with Crippen molar-refractivity contribution >= 4 is 0 Å². The SMILES string of the molecule is [Pd].c1ccc([C-](c2ccccc2)c2ccccc2)cc1.c1ccc([C-](c2ccccc2)c2ccccc2)cc1.c1ccc([C-](c2ccccc2)c2ccccc2)cc1.c1ccc([C-](c2ccccc2)c2ccccc2)cc1. The molecule has 0 aromatic heterocycles. The summed E-state index contributed by atoms with van der Waals surface area (Å²) in [6.07, 6.45) is 0. The van der Waals surface area contributed by atoms with E-state index in [9.17, 15) is 0 Å². The Labute approximate surface area is 471 Å². The molecule has 0 atom stereocenters. The molecule has 0 aliphatic carbocycles. The summed E-state index contributed by atoms with van der Waals surface area (Å²) in [6, 6.07) is 127. The quantitative estimate of drug-likeness (QED) is 0.0650. The number of hydrogen-bond acceptors (Lipinski definition) is 0. The molecule has 0 heterocycles. The minimum atomic E-state index is 0. The van der Waals surface area contributed by atoms with Gasteiger partial charge in [-0.3, -0.25) is 0 Å². The van der Waals surface area contributed by atoms with Crippen LogP contribution in [0.4, 0.5) is 0 Å². The Morgan fingerprint density at radius 2 is 0.169 bits per heavy atom. The second kappa shape index (κ2) is 29.6. The molecule has 0 unspecified atom stereocenters. The fourth-order valence-corrected chi connectivity index (χ4v) is 9.26. The molecule has 378 valence electrons. The molecule has 0 fully saturated rings. The predicted octanol–water partition coefficient (Wildman–Crippen LogP) is 18.8. The molecule has 12 rings (SSSR count). The van der Waals surface area contributed by atoms with Crippen LogP contribution in [0.5, 0.6) is 0 Å². The van der Waals surface area contributed by atoms with Crippen molar-refractivity contribution in [2.24, 2.45) is 0 Å². The van der Waals surface area contributed by atoms with Gasteiger partial charge in [-0.2, -0.15) is 0 Å². The van der Waals surface area contributed by atoms with Crippen molar-refractivity contribution in [1.82, 2.24) is 0 Å². The first-order valence-electron chi connectivity index (χ1n) is 25.9. The minimum absolute atomic E-state index is 0. The van der Waals surface area contributed by atoms with Crippen LogP contribution in [0.1, 0.15) is 66.8 Å². The molecule has 0 amide bonds. The largest absolute Gasteiger partial charge is 0.0999 e. The molecule has 0 saturated heterocycles. The van der Waals surface area contributed by atoms with Gasteiger partial charge in [0.05, 0.1) is 0 Å². The monoisotopic (exact) mass is 1080 g/mol. The van der Waals surface area contributed by atoms with Gasteiger partial charge in [-0.05, 0) is 0 Å². The van der Waals surface area contributed by atoms with E-state index in [1.54, 1.807) is 0 Å². The van der Waals surface area contributed by atoms with E-state index in [-0.39, 0.29) is 20.4 Å². The predicted molar refractivity (Wildman–Crippen MR) is 320 cm³/mol. The molecule has 0 nitrogen and oxygen atoms in total. The third kappa shape index (κ3) is 15.4. The Morgan fingerprint density at radius 1 is 0.104 bits per heavy atom. The fraction of sp³-hybridized carbons (Fsp3) is 0. The maximum absolute atomic E-state index is 2.16. The Kier molecular flexibility index (Phi) is 20.8. The molecule has 0 N–H and O–H groups in total. The van der Waals surface area contributed by atoms with Crippen LogP contribution in [0.15, 0.2) is 364 Å². The van der Waals surface area contributed by atoms with Crippen LogP contribution >= 0.6 is 0 Å². The molecule has 0 saturated carbocycles. The van der Waals surface area contributed by atoms with E-state index in [0.717, 1.165) is 0 Å². The summed E-state index contributed by atoms with van der Waals surface area (Å²) in [5.41, 5.74) is 15.0. The van der Waals surface area contributed by atoms with Crippen LogP contribution in [0.25, 0.3) is 0 Å². The Hall–Kier alpha value is -9.22. The normalized spacial score (nSPS) is 9.97. The average Bonchev–Trinajstić information content (AvgIpc) is 3.51. The van der Waals surface area contributed by atoms with Crippen molar-refractivity contribution in [1.29, 1.82) is 0 Å². The summed E-state index contributed by atoms with van der Waals surface area (Å²) in [5, 5.41) is 0. The van der Waals surface area contributed by atoms with E-state index in [2.05, 4.69) is 364 Å². The van der Waals surface area contributed by atoms with Crippen LogP contribution in [0.3, 0.4) is 0 Å². The number of hydrogen-bond donors (Lipinski definition) is 0. The number of rotatable bonds is 12. The van der Waals surface area contributed by atoms with Crippen molar-refractivity contribution in [2.75, 3.05) is 0 Å². The van der Waals surface area contributed by atoms with Crippen LogP contribution < -0.4 is 0 Å². The summed E-state index contributed by atoms with van der Waals surface area (Å²) in [7, 11) is 0. The minimum Gasteiger partial charge on any atom is -0.0999 e. The van der Waals surface area contributed by atoms with E-state index < -0.39 is 0 Å². The topological polar surface area (TPSA) is 0 Å². The maximum atomic E-state index is 2.16. The van der Waals surface area contributed by atoms with Crippen molar-refractivity contribution in [3.8, 4) is 0 Å². The van der Waals surface area contributed by atoms with Gasteiger partial charge >= 0.3 is 0 Å². The van der Waals surface area contributed by atoms with E-state index in [1.165, 1.54) is 90.4 Å². The molecule has 0 aliphatic rings. The summed E-state index contributed by atoms with van der Waals surface area (Å²) >= 11 is 0. The van der Waals surface area contributed by atoms with Crippen molar-refractivity contribution in [3.05, 3.63) is 454 Å². The smallest absolute Gasteiger partial charge is 0 e. The van der Waals surface area contributed by atoms with Gasteiger partial charge < -0.3 is 0 Å². The molecule has 12 aromatic carbocycles. The number of benzene rings is 12. The Bertz CT molecular complexity index is 2550. The molecule has 77 heavy (non-hydrogen) atoms. The first-order valence-corrected chi connectivity index (χ1v) is 25.9.